The summed E-state index contributed by atoms with van der Waals surface area (Å²) in [5.41, 5.74) is 11.1. The van der Waals surface area contributed by atoms with Gasteiger partial charge in [0.05, 0.1) is 23.5 Å². The first-order chi connectivity index (χ1) is 21.0. The van der Waals surface area contributed by atoms with Gasteiger partial charge in [-0.3, -0.25) is 19.1 Å². The summed E-state index contributed by atoms with van der Waals surface area (Å²) in [6.07, 6.45) is 10.4. The number of fused-ring (bicyclic) bond motifs is 1. The van der Waals surface area contributed by atoms with Gasteiger partial charge < -0.3 is 20.3 Å². The lowest BCUT2D eigenvalue weighted by atomic mass is 10.0. The summed E-state index contributed by atoms with van der Waals surface area (Å²) in [6.45, 7) is 6.34. The molecule has 10 heteroatoms. The number of esters is 1. The van der Waals surface area contributed by atoms with Gasteiger partial charge in [-0.25, -0.2) is 4.98 Å². The lowest BCUT2D eigenvalue weighted by Crippen LogP contribution is -2.38. The van der Waals surface area contributed by atoms with E-state index in [1.54, 1.807) is 54.2 Å². The van der Waals surface area contributed by atoms with Crippen LogP contribution in [-0.4, -0.2) is 65.0 Å². The zero-order chi connectivity index (χ0) is 32.0. The van der Waals surface area contributed by atoms with Crippen molar-refractivity contribution in [3.63, 3.8) is 0 Å². The second-order valence-electron chi connectivity index (χ2n) is 11.2. The van der Waals surface area contributed by atoms with Crippen molar-refractivity contribution in [2.75, 3.05) is 32.6 Å². The third-order valence-electron chi connectivity index (χ3n) is 7.69. The SMILES string of the molecule is CCC(C)C(N)C(=O)OC(C)n1cc(-c2cccc(C#N)c2)c2cc(-c3cncc(N(C)C(=O)/C=C/CN(C)C)c3)cnc21. The van der Waals surface area contributed by atoms with E-state index >= 15 is 0 Å². The molecular weight excluding hydrogens is 554 g/mol. The summed E-state index contributed by atoms with van der Waals surface area (Å²) in [5, 5.41) is 10.3. The highest BCUT2D eigenvalue weighted by atomic mass is 16.6. The number of ether oxygens (including phenoxy) is 1. The molecule has 3 aromatic heterocycles. The Morgan fingerprint density at radius 3 is 2.55 bits per heavy atom. The van der Waals surface area contributed by atoms with Crippen molar-refractivity contribution in [1.82, 2.24) is 19.4 Å². The molecule has 0 aliphatic heterocycles. The van der Waals surface area contributed by atoms with Crippen molar-refractivity contribution in [1.29, 1.82) is 5.26 Å². The Morgan fingerprint density at radius 2 is 1.84 bits per heavy atom. The number of likely N-dealkylation sites (N-methyl/N-ethyl adjacent to an activating group) is 2. The first kappa shape index (κ1) is 32.1. The molecule has 1 amide bonds. The number of nitriles is 1. The molecular formula is C34H39N7O3. The van der Waals surface area contributed by atoms with Crippen molar-refractivity contribution >= 4 is 28.6 Å². The number of pyridine rings is 2. The van der Waals surface area contributed by atoms with Crippen LogP contribution in [0, 0.1) is 17.2 Å². The third-order valence-corrected chi connectivity index (χ3v) is 7.69. The minimum Gasteiger partial charge on any atom is -0.440 e. The molecule has 0 spiro atoms. The number of carbonyl (C=O) groups is 2. The van der Waals surface area contributed by atoms with Crippen LogP contribution in [0.3, 0.4) is 0 Å². The third kappa shape index (κ3) is 7.19. The van der Waals surface area contributed by atoms with Gasteiger partial charge in [0.25, 0.3) is 0 Å². The number of hydrogen-bond acceptors (Lipinski definition) is 8. The van der Waals surface area contributed by atoms with E-state index in [2.05, 4.69) is 11.1 Å². The number of benzene rings is 1. The first-order valence-electron chi connectivity index (χ1n) is 14.6. The highest BCUT2D eigenvalue weighted by Crippen LogP contribution is 2.35. The highest BCUT2D eigenvalue weighted by Gasteiger charge is 2.25. The molecule has 0 fully saturated rings. The van der Waals surface area contributed by atoms with Crippen LogP contribution in [0.5, 0.6) is 0 Å². The molecule has 1 aromatic carbocycles. The van der Waals surface area contributed by atoms with Gasteiger partial charge >= 0.3 is 5.97 Å². The van der Waals surface area contributed by atoms with Crippen molar-refractivity contribution in [3.8, 4) is 28.3 Å². The molecule has 44 heavy (non-hydrogen) atoms. The highest BCUT2D eigenvalue weighted by molar-refractivity contribution is 6.01. The number of amides is 1. The van der Waals surface area contributed by atoms with Crippen molar-refractivity contribution in [2.45, 2.75) is 39.5 Å². The molecule has 4 aromatic rings. The van der Waals surface area contributed by atoms with Crippen molar-refractivity contribution < 1.29 is 14.3 Å². The maximum absolute atomic E-state index is 12.8. The molecule has 3 atom stereocenters. The average molecular weight is 594 g/mol. The molecule has 3 heterocycles. The lowest BCUT2D eigenvalue weighted by molar-refractivity contribution is -0.155. The monoisotopic (exact) mass is 593 g/mol. The summed E-state index contributed by atoms with van der Waals surface area (Å²) < 4.78 is 7.60. The van der Waals surface area contributed by atoms with E-state index in [0.717, 1.165) is 34.1 Å². The molecule has 10 nitrogen and oxygen atoms in total. The number of rotatable bonds is 11. The summed E-state index contributed by atoms with van der Waals surface area (Å²) in [7, 11) is 5.58. The van der Waals surface area contributed by atoms with Crippen LogP contribution in [0.2, 0.25) is 0 Å². The lowest BCUT2D eigenvalue weighted by Gasteiger charge is -2.21. The second-order valence-corrected chi connectivity index (χ2v) is 11.2. The minimum absolute atomic E-state index is 0.0196. The number of aromatic nitrogens is 3. The van der Waals surface area contributed by atoms with Crippen LogP contribution in [-0.2, 0) is 14.3 Å². The van der Waals surface area contributed by atoms with E-state index in [0.29, 0.717) is 23.4 Å². The predicted molar refractivity (Wildman–Crippen MR) is 172 cm³/mol. The Balaban J connectivity index is 1.75. The Bertz CT molecular complexity index is 1720. The maximum Gasteiger partial charge on any atom is 0.325 e. The molecule has 0 saturated carbocycles. The first-order valence-corrected chi connectivity index (χ1v) is 14.6. The Labute approximate surface area is 258 Å². The molecule has 0 radical (unpaired) electrons. The fourth-order valence-corrected chi connectivity index (χ4v) is 4.71. The van der Waals surface area contributed by atoms with E-state index in [9.17, 15) is 14.9 Å². The smallest absolute Gasteiger partial charge is 0.325 e. The maximum atomic E-state index is 12.8. The van der Waals surface area contributed by atoms with Crippen LogP contribution >= 0.6 is 0 Å². The Hall–Kier alpha value is -4.85. The number of anilines is 1. The van der Waals surface area contributed by atoms with Gasteiger partial charge in [-0.1, -0.05) is 38.5 Å². The van der Waals surface area contributed by atoms with Gasteiger partial charge in [0.2, 0.25) is 5.91 Å². The van der Waals surface area contributed by atoms with Crippen LogP contribution in [0.25, 0.3) is 33.3 Å². The van der Waals surface area contributed by atoms with Crippen LogP contribution in [0.4, 0.5) is 5.69 Å². The summed E-state index contributed by atoms with van der Waals surface area (Å²) >= 11 is 0. The van der Waals surface area contributed by atoms with Gasteiger partial charge in [0.15, 0.2) is 6.23 Å². The van der Waals surface area contributed by atoms with Crippen LogP contribution < -0.4 is 10.6 Å². The van der Waals surface area contributed by atoms with E-state index in [1.807, 2.05) is 75.4 Å². The summed E-state index contributed by atoms with van der Waals surface area (Å²) in [4.78, 5) is 38.3. The fraction of sp³-hybridized carbons (Fsp3) is 0.324. The van der Waals surface area contributed by atoms with E-state index in [1.165, 1.54) is 0 Å². The largest absolute Gasteiger partial charge is 0.440 e. The van der Waals surface area contributed by atoms with Gasteiger partial charge in [0, 0.05) is 60.3 Å². The molecule has 0 bridgehead atoms. The zero-order valence-electron chi connectivity index (χ0n) is 26.1. The number of nitrogens with two attached hydrogens (primary N) is 1. The average Bonchev–Trinajstić information content (AvgIpc) is 3.42. The van der Waals surface area contributed by atoms with Gasteiger partial charge in [0.1, 0.15) is 11.7 Å². The predicted octanol–water partition coefficient (Wildman–Crippen LogP) is 5.15. The van der Waals surface area contributed by atoms with Crippen LogP contribution in [0.15, 0.2) is 73.3 Å². The van der Waals surface area contributed by atoms with Gasteiger partial charge in [-0.05, 0) is 56.8 Å². The number of hydrogen-bond donors (Lipinski definition) is 1. The van der Waals surface area contributed by atoms with Crippen LogP contribution in [0.1, 0.15) is 39.0 Å². The normalized spacial score (nSPS) is 13.5. The number of carbonyl (C=O) groups excluding carboxylic acids is 2. The van der Waals surface area contributed by atoms with Crippen molar-refractivity contribution in [2.24, 2.45) is 11.7 Å². The topological polar surface area (TPSA) is 130 Å². The quantitative estimate of drug-likeness (QED) is 0.187. The Morgan fingerprint density at radius 1 is 1.09 bits per heavy atom. The summed E-state index contributed by atoms with van der Waals surface area (Å²) in [5.74, 6) is -0.655. The summed E-state index contributed by atoms with van der Waals surface area (Å²) in [6, 6.07) is 12.7. The van der Waals surface area contributed by atoms with Crippen molar-refractivity contribution in [3.05, 3.63) is 78.9 Å². The van der Waals surface area contributed by atoms with Gasteiger partial charge in [-0.2, -0.15) is 5.26 Å². The molecule has 4 rings (SSSR count). The second kappa shape index (κ2) is 14.1. The Kier molecular flexibility index (Phi) is 10.3. The zero-order valence-corrected chi connectivity index (χ0v) is 26.1. The molecule has 2 N–H and O–H groups in total. The standard InChI is InChI=1S/C34H39N7O3/c1-7-22(2)32(36)34(43)44-23(3)41-21-30(25-11-8-10-24(14-25)17-35)29-16-27(19-38-33(29)41)26-15-28(20-37-18-26)40(6)31(42)12-9-13-39(4)5/h8-12,14-16,18-23,32H,7,13,36H2,1-6H3/b12-9+. The molecule has 3 unspecified atom stereocenters. The molecule has 0 aliphatic carbocycles. The molecule has 0 saturated heterocycles. The number of nitrogens with zero attached hydrogens (tertiary/aromatic N) is 6. The van der Waals surface area contributed by atoms with Gasteiger partial charge in [-0.15, -0.1) is 0 Å². The fourth-order valence-electron chi connectivity index (χ4n) is 4.71. The minimum atomic E-state index is -0.733. The molecule has 228 valence electrons. The van der Waals surface area contributed by atoms with E-state index in [4.69, 9.17) is 15.5 Å². The van der Waals surface area contributed by atoms with E-state index in [-0.39, 0.29) is 11.8 Å². The van der Waals surface area contributed by atoms with E-state index < -0.39 is 18.2 Å². The molecule has 0 aliphatic rings.